The Labute approximate surface area is 109 Å². The molecule has 1 N–H and O–H groups in total. The second kappa shape index (κ2) is 5.24. The van der Waals surface area contributed by atoms with Crippen molar-refractivity contribution >= 4 is 5.82 Å². The molecule has 0 amide bonds. The molecule has 18 heavy (non-hydrogen) atoms. The Morgan fingerprint density at radius 1 is 1.56 bits per heavy atom. The van der Waals surface area contributed by atoms with Crippen molar-refractivity contribution in [2.75, 3.05) is 25.1 Å². The first-order valence-corrected chi connectivity index (χ1v) is 6.48. The van der Waals surface area contributed by atoms with E-state index in [-0.39, 0.29) is 5.60 Å². The molecule has 0 aliphatic carbocycles. The van der Waals surface area contributed by atoms with Gasteiger partial charge in [-0.25, -0.2) is 4.98 Å². The number of anilines is 1. The lowest BCUT2D eigenvalue weighted by Crippen LogP contribution is -2.47. The first-order valence-electron chi connectivity index (χ1n) is 6.48. The number of methoxy groups -OCH3 is 1. The predicted molar refractivity (Wildman–Crippen MR) is 71.7 cm³/mol. The monoisotopic (exact) mass is 250 g/mol. The third-order valence-electron chi connectivity index (χ3n) is 3.73. The van der Waals surface area contributed by atoms with Gasteiger partial charge in [-0.1, -0.05) is 0 Å². The van der Waals surface area contributed by atoms with Crippen LogP contribution in [0.4, 0.5) is 5.82 Å². The van der Waals surface area contributed by atoms with Crippen LogP contribution in [0.1, 0.15) is 38.4 Å². The van der Waals surface area contributed by atoms with Gasteiger partial charge in [0.15, 0.2) is 0 Å². The van der Waals surface area contributed by atoms with Gasteiger partial charge in [-0.15, -0.1) is 0 Å². The van der Waals surface area contributed by atoms with E-state index in [0.29, 0.717) is 0 Å². The van der Waals surface area contributed by atoms with Gasteiger partial charge in [0.2, 0.25) is 0 Å². The summed E-state index contributed by atoms with van der Waals surface area (Å²) in [6, 6.07) is 3.82. The summed E-state index contributed by atoms with van der Waals surface area (Å²) >= 11 is 0. The molecule has 1 saturated heterocycles. The van der Waals surface area contributed by atoms with E-state index in [1.807, 2.05) is 12.1 Å². The molecule has 4 nitrogen and oxygen atoms in total. The van der Waals surface area contributed by atoms with Gasteiger partial charge in [0.25, 0.3) is 0 Å². The largest absolute Gasteiger partial charge is 0.389 e. The Kier molecular flexibility index (Phi) is 3.88. The van der Waals surface area contributed by atoms with Gasteiger partial charge >= 0.3 is 0 Å². The van der Waals surface area contributed by atoms with E-state index in [1.54, 1.807) is 20.2 Å². The summed E-state index contributed by atoms with van der Waals surface area (Å²) in [7, 11) is 1.77. The minimum Gasteiger partial charge on any atom is -0.389 e. The van der Waals surface area contributed by atoms with Crippen LogP contribution in [-0.2, 0) is 4.74 Å². The van der Waals surface area contributed by atoms with Crippen LogP contribution >= 0.6 is 0 Å². The van der Waals surface area contributed by atoms with Crippen molar-refractivity contribution in [3.8, 4) is 0 Å². The van der Waals surface area contributed by atoms with Gasteiger partial charge in [-0.05, 0) is 44.4 Å². The van der Waals surface area contributed by atoms with Crippen molar-refractivity contribution in [3.05, 3.63) is 23.9 Å². The summed E-state index contributed by atoms with van der Waals surface area (Å²) in [6.07, 6.45) is 3.49. The van der Waals surface area contributed by atoms with Gasteiger partial charge in [-0.3, -0.25) is 0 Å². The SMILES string of the molecule is COC1(C)CCCN(c2cc([C@@H](C)O)ccn2)C1. The predicted octanol–water partition coefficient (Wildman–Crippen LogP) is 2.14. The molecule has 2 atom stereocenters. The smallest absolute Gasteiger partial charge is 0.128 e. The van der Waals surface area contributed by atoms with Crippen LogP contribution in [0.5, 0.6) is 0 Å². The fraction of sp³-hybridized carbons (Fsp3) is 0.643. The topological polar surface area (TPSA) is 45.6 Å². The fourth-order valence-electron chi connectivity index (χ4n) is 2.43. The van der Waals surface area contributed by atoms with E-state index in [9.17, 15) is 5.11 Å². The summed E-state index contributed by atoms with van der Waals surface area (Å²) in [5.74, 6) is 0.927. The lowest BCUT2D eigenvalue weighted by molar-refractivity contribution is -0.00482. The Hall–Kier alpha value is -1.13. The van der Waals surface area contributed by atoms with E-state index < -0.39 is 6.10 Å². The lowest BCUT2D eigenvalue weighted by atomic mass is 9.94. The number of aliphatic hydroxyl groups is 1. The number of aliphatic hydroxyl groups excluding tert-OH is 1. The van der Waals surface area contributed by atoms with E-state index in [4.69, 9.17) is 4.74 Å². The summed E-state index contributed by atoms with van der Waals surface area (Å²) in [4.78, 5) is 6.64. The van der Waals surface area contributed by atoms with Crippen LogP contribution in [0, 0.1) is 0 Å². The molecule has 0 bridgehead atoms. The molecule has 1 fully saturated rings. The zero-order chi connectivity index (χ0) is 13.2. The van der Waals surface area contributed by atoms with E-state index in [1.165, 1.54) is 0 Å². The van der Waals surface area contributed by atoms with Gasteiger partial charge in [0.1, 0.15) is 5.82 Å². The maximum Gasteiger partial charge on any atom is 0.128 e. The maximum absolute atomic E-state index is 9.62. The summed E-state index contributed by atoms with van der Waals surface area (Å²) in [6.45, 7) is 5.75. The molecular formula is C14H22N2O2. The molecule has 0 aromatic carbocycles. The number of piperidine rings is 1. The first kappa shape index (κ1) is 13.3. The molecular weight excluding hydrogens is 228 g/mol. The summed E-state index contributed by atoms with van der Waals surface area (Å²) in [5, 5.41) is 9.62. The summed E-state index contributed by atoms with van der Waals surface area (Å²) < 4.78 is 5.59. The number of ether oxygens (including phenoxy) is 1. The normalized spacial score (nSPS) is 26.1. The lowest BCUT2D eigenvalue weighted by Gasteiger charge is -2.40. The van der Waals surface area contributed by atoms with Crippen LogP contribution in [0.15, 0.2) is 18.3 Å². The minimum atomic E-state index is -0.453. The number of hydrogen-bond donors (Lipinski definition) is 1. The molecule has 2 heterocycles. The molecule has 100 valence electrons. The molecule has 4 heteroatoms. The summed E-state index contributed by atoms with van der Waals surface area (Å²) in [5.41, 5.74) is 0.811. The quantitative estimate of drug-likeness (QED) is 0.892. The molecule has 1 aliphatic heterocycles. The minimum absolute atomic E-state index is 0.0965. The molecule has 1 aromatic heterocycles. The molecule has 1 unspecified atom stereocenters. The number of nitrogens with zero attached hydrogens (tertiary/aromatic N) is 2. The van der Waals surface area contributed by atoms with Crippen molar-refractivity contribution < 1.29 is 9.84 Å². The third-order valence-corrected chi connectivity index (χ3v) is 3.73. The zero-order valence-electron chi connectivity index (χ0n) is 11.4. The first-order chi connectivity index (χ1) is 8.54. The maximum atomic E-state index is 9.62. The van der Waals surface area contributed by atoms with E-state index in [0.717, 1.165) is 37.3 Å². The number of rotatable bonds is 3. The molecule has 1 aromatic rings. The van der Waals surface area contributed by atoms with Crippen molar-refractivity contribution in [2.45, 2.75) is 38.4 Å². The van der Waals surface area contributed by atoms with Crippen LogP contribution in [-0.4, -0.2) is 35.9 Å². The third kappa shape index (κ3) is 2.82. The fourth-order valence-corrected chi connectivity index (χ4v) is 2.43. The Balaban J connectivity index is 2.18. The van der Waals surface area contributed by atoms with E-state index >= 15 is 0 Å². The van der Waals surface area contributed by atoms with E-state index in [2.05, 4.69) is 16.8 Å². The molecule has 0 spiro atoms. The van der Waals surface area contributed by atoms with Gasteiger partial charge in [0, 0.05) is 26.4 Å². The molecule has 1 aliphatic rings. The number of hydrogen-bond acceptors (Lipinski definition) is 4. The standard InChI is InChI=1S/C14H22N2O2/c1-11(17)12-5-7-15-13(9-12)16-8-4-6-14(2,10-16)18-3/h5,7,9,11,17H,4,6,8,10H2,1-3H3/t11-,14?/m1/s1. The van der Waals surface area contributed by atoms with Gasteiger partial charge in [-0.2, -0.15) is 0 Å². The zero-order valence-corrected chi connectivity index (χ0v) is 11.4. The number of aromatic nitrogens is 1. The Bertz CT molecular complexity index is 409. The van der Waals surface area contributed by atoms with Crippen molar-refractivity contribution in [3.63, 3.8) is 0 Å². The van der Waals surface area contributed by atoms with Crippen LogP contribution < -0.4 is 4.90 Å². The Morgan fingerprint density at radius 2 is 2.33 bits per heavy atom. The second-order valence-electron chi connectivity index (χ2n) is 5.30. The highest BCUT2D eigenvalue weighted by Gasteiger charge is 2.31. The van der Waals surface area contributed by atoms with Crippen LogP contribution in [0.25, 0.3) is 0 Å². The molecule has 0 saturated carbocycles. The molecule has 2 rings (SSSR count). The van der Waals surface area contributed by atoms with Crippen molar-refractivity contribution in [2.24, 2.45) is 0 Å². The van der Waals surface area contributed by atoms with Gasteiger partial charge in [0.05, 0.1) is 11.7 Å². The van der Waals surface area contributed by atoms with Crippen molar-refractivity contribution in [1.29, 1.82) is 0 Å². The van der Waals surface area contributed by atoms with Gasteiger partial charge < -0.3 is 14.7 Å². The van der Waals surface area contributed by atoms with Crippen molar-refractivity contribution in [1.82, 2.24) is 4.98 Å². The van der Waals surface area contributed by atoms with Crippen LogP contribution in [0.3, 0.4) is 0 Å². The van der Waals surface area contributed by atoms with Crippen LogP contribution in [0.2, 0.25) is 0 Å². The average Bonchev–Trinajstić information content (AvgIpc) is 2.39. The highest BCUT2D eigenvalue weighted by atomic mass is 16.5. The Morgan fingerprint density at radius 3 is 3.00 bits per heavy atom. The number of pyridine rings is 1. The highest BCUT2D eigenvalue weighted by molar-refractivity contribution is 5.42. The second-order valence-corrected chi connectivity index (χ2v) is 5.30. The molecule has 0 radical (unpaired) electrons. The highest BCUT2D eigenvalue weighted by Crippen LogP contribution is 2.28. The average molecular weight is 250 g/mol.